The van der Waals surface area contributed by atoms with Crippen LogP contribution in [-0.2, 0) is 4.84 Å². The largest absolute Gasteiger partial charge is 0.390 e. The third kappa shape index (κ3) is 1.11. The minimum atomic E-state index is -0.406. The highest BCUT2D eigenvalue weighted by Gasteiger charge is 2.70. The monoisotopic (exact) mass is 232 g/mol. The zero-order chi connectivity index (χ0) is 11.3. The molecule has 0 spiro atoms. The van der Waals surface area contributed by atoms with E-state index in [1.807, 2.05) is 31.2 Å². The maximum Gasteiger partial charge on any atom is 0.156 e. The molecule has 3 rings (SSSR count). The molecule has 0 radical (unpaired) electrons. The lowest BCUT2D eigenvalue weighted by atomic mass is 10.0. The van der Waals surface area contributed by atoms with Crippen LogP contribution in [0.3, 0.4) is 0 Å². The first-order valence-electron chi connectivity index (χ1n) is 5.08. The Bertz CT molecular complexity index is 517. The number of nitriles is 1. The second-order valence-electron chi connectivity index (χ2n) is 4.38. The van der Waals surface area contributed by atoms with Gasteiger partial charge < -0.3 is 4.84 Å². The standard InChI is InChI=1S/C12H9ClN2O/c1-12(6-14)9-10(15-16-11(9)12)7-2-4-8(13)5-3-7/h2-5,9,11H,1H3. The quantitative estimate of drug-likeness (QED) is 0.747. The van der Waals surface area contributed by atoms with E-state index in [4.69, 9.17) is 21.7 Å². The third-order valence-electron chi connectivity index (χ3n) is 3.37. The average Bonchev–Trinajstić information content (AvgIpc) is 2.70. The van der Waals surface area contributed by atoms with Gasteiger partial charge in [-0.15, -0.1) is 0 Å². The van der Waals surface area contributed by atoms with Gasteiger partial charge >= 0.3 is 0 Å². The van der Waals surface area contributed by atoms with Crippen LogP contribution in [0.4, 0.5) is 0 Å². The van der Waals surface area contributed by atoms with Crippen molar-refractivity contribution in [3.8, 4) is 6.07 Å². The van der Waals surface area contributed by atoms with Gasteiger partial charge in [-0.25, -0.2) is 0 Å². The molecule has 1 aromatic rings. The van der Waals surface area contributed by atoms with Crippen LogP contribution in [0.15, 0.2) is 29.4 Å². The Morgan fingerprint density at radius 2 is 2.12 bits per heavy atom. The van der Waals surface area contributed by atoms with Gasteiger partial charge in [0.05, 0.1) is 17.7 Å². The number of rotatable bonds is 1. The fourth-order valence-electron chi connectivity index (χ4n) is 2.23. The lowest BCUT2D eigenvalue weighted by Gasteiger charge is -2.05. The lowest BCUT2D eigenvalue weighted by molar-refractivity contribution is 0.119. The molecule has 1 heterocycles. The van der Waals surface area contributed by atoms with Crippen molar-refractivity contribution < 1.29 is 4.84 Å². The van der Waals surface area contributed by atoms with Crippen molar-refractivity contribution in [3.63, 3.8) is 0 Å². The molecule has 0 amide bonds. The van der Waals surface area contributed by atoms with Crippen molar-refractivity contribution in [3.05, 3.63) is 34.9 Å². The van der Waals surface area contributed by atoms with E-state index in [1.165, 1.54) is 0 Å². The number of fused-ring (bicyclic) bond motifs is 1. The molecule has 1 saturated carbocycles. The molecule has 0 saturated heterocycles. The Balaban J connectivity index is 1.94. The molecule has 2 aliphatic rings. The molecule has 0 N–H and O–H groups in total. The normalized spacial score (nSPS) is 34.7. The van der Waals surface area contributed by atoms with Crippen molar-refractivity contribution in [2.24, 2.45) is 16.5 Å². The zero-order valence-electron chi connectivity index (χ0n) is 8.64. The molecule has 3 nitrogen and oxygen atoms in total. The summed E-state index contributed by atoms with van der Waals surface area (Å²) in [5.74, 6) is 0.110. The summed E-state index contributed by atoms with van der Waals surface area (Å²) in [6, 6.07) is 9.74. The Labute approximate surface area is 98.3 Å². The minimum absolute atomic E-state index is 0.0665. The maximum atomic E-state index is 9.07. The van der Waals surface area contributed by atoms with Gasteiger partial charge in [-0.3, -0.25) is 0 Å². The number of benzene rings is 1. The van der Waals surface area contributed by atoms with Crippen LogP contribution < -0.4 is 0 Å². The molecule has 4 heteroatoms. The molecule has 3 atom stereocenters. The Morgan fingerprint density at radius 1 is 1.44 bits per heavy atom. The highest BCUT2D eigenvalue weighted by atomic mass is 35.5. The first-order chi connectivity index (χ1) is 7.66. The molecule has 80 valence electrons. The van der Waals surface area contributed by atoms with Crippen molar-refractivity contribution in [1.29, 1.82) is 5.26 Å². The molecule has 1 aliphatic carbocycles. The maximum absolute atomic E-state index is 9.07. The summed E-state index contributed by atoms with van der Waals surface area (Å²) in [6.07, 6.45) is -0.0665. The Hall–Kier alpha value is -1.53. The van der Waals surface area contributed by atoms with Gasteiger partial charge in [-0.1, -0.05) is 28.9 Å². The van der Waals surface area contributed by atoms with Gasteiger partial charge in [-0.05, 0) is 24.6 Å². The summed E-state index contributed by atoms with van der Waals surface area (Å²) in [4.78, 5) is 5.26. The smallest absolute Gasteiger partial charge is 0.156 e. The number of halogens is 1. The SMILES string of the molecule is CC1(C#N)C2ON=C(c3ccc(Cl)cc3)C21. The number of oxime groups is 1. The second-order valence-corrected chi connectivity index (χ2v) is 4.82. The first kappa shape index (κ1) is 9.68. The van der Waals surface area contributed by atoms with Crippen molar-refractivity contribution in [1.82, 2.24) is 0 Å². The third-order valence-corrected chi connectivity index (χ3v) is 3.62. The molecular formula is C12H9ClN2O. The van der Waals surface area contributed by atoms with E-state index in [0.29, 0.717) is 5.02 Å². The van der Waals surface area contributed by atoms with Crippen LogP contribution in [0.25, 0.3) is 0 Å². The number of nitrogens with zero attached hydrogens (tertiary/aromatic N) is 2. The van der Waals surface area contributed by atoms with E-state index >= 15 is 0 Å². The van der Waals surface area contributed by atoms with Crippen LogP contribution in [0.1, 0.15) is 12.5 Å². The van der Waals surface area contributed by atoms with Crippen LogP contribution >= 0.6 is 11.6 Å². The molecule has 16 heavy (non-hydrogen) atoms. The minimum Gasteiger partial charge on any atom is -0.390 e. The van der Waals surface area contributed by atoms with Crippen LogP contribution in [0.2, 0.25) is 5.02 Å². The summed E-state index contributed by atoms with van der Waals surface area (Å²) in [6.45, 7) is 1.91. The van der Waals surface area contributed by atoms with Gasteiger partial charge in [0.25, 0.3) is 0 Å². The molecule has 1 aromatic carbocycles. The fourth-order valence-corrected chi connectivity index (χ4v) is 2.35. The summed E-state index contributed by atoms with van der Waals surface area (Å²) in [5, 5.41) is 13.8. The van der Waals surface area contributed by atoms with E-state index in [9.17, 15) is 0 Å². The average molecular weight is 233 g/mol. The number of hydrogen-bond donors (Lipinski definition) is 0. The summed E-state index contributed by atoms with van der Waals surface area (Å²) in [7, 11) is 0. The summed E-state index contributed by atoms with van der Waals surface area (Å²) >= 11 is 5.83. The van der Waals surface area contributed by atoms with E-state index in [2.05, 4.69) is 11.2 Å². The molecular weight excluding hydrogens is 224 g/mol. The molecule has 0 bridgehead atoms. The van der Waals surface area contributed by atoms with E-state index in [1.54, 1.807) is 0 Å². The van der Waals surface area contributed by atoms with Gasteiger partial charge in [0.2, 0.25) is 0 Å². The van der Waals surface area contributed by atoms with Crippen molar-refractivity contribution in [2.75, 3.05) is 0 Å². The lowest BCUT2D eigenvalue weighted by Crippen LogP contribution is -2.09. The molecule has 3 unspecified atom stereocenters. The van der Waals surface area contributed by atoms with Gasteiger partial charge in [0, 0.05) is 5.02 Å². The topological polar surface area (TPSA) is 45.4 Å². The highest BCUT2D eigenvalue weighted by molar-refractivity contribution is 6.30. The van der Waals surface area contributed by atoms with Gasteiger partial charge in [-0.2, -0.15) is 5.26 Å². The second kappa shape index (κ2) is 2.99. The van der Waals surface area contributed by atoms with Crippen molar-refractivity contribution in [2.45, 2.75) is 13.0 Å². The van der Waals surface area contributed by atoms with E-state index < -0.39 is 5.41 Å². The van der Waals surface area contributed by atoms with E-state index in [0.717, 1.165) is 11.3 Å². The van der Waals surface area contributed by atoms with Crippen molar-refractivity contribution >= 4 is 17.3 Å². The van der Waals surface area contributed by atoms with Gasteiger partial charge in [0.15, 0.2) is 6.10 Å². The molecule has 1 aliphatic heterocycles. The Kier molecular flexibility index (Phi) is 1.81. The predicted molar refractivity (Wildman–Crippen MR) is 60.1 cm³/mol. The fraction of sp³-hybridized carbons (Fsp3) is 0.333. The summed E-state index contributed by atoms with van der Waals surface area (Å²) < 4.78 is 0. The van der Waals surface area contributed by atoms with Crippen LogP contribution in [0.5, 0.6) is 0 Å². The Morgan fingerprint density at radius 3 is 2.69 bits per heavy atom. The molecule has 0 aromatic heterocycles. The number of hydrogen-bond acceptors (Lipinski definition) is 3. The first-order valence-corrected chi connectivity index (χ1v) is 5.45. The van der Waals surface area contributed by atoms with Crippen LogP contribution in [-0.4, -0.2) is 11.8 Å². The molecule has 1 fully saturated rings. The highest BCUT2D eigenvalue weighted by Crippen LogP contribution is 2.58. The van der Waals surface area contributed by atoms with Crippen LogP contribution in [0, 0.1) is 22.7 Å². The van der Waals surface area contributed by atoms with E-state index in [-0.39, 0.29) is 12.0 Å². The zero-order valence-corrected chi connectivity index (χ0v) is 9.40. The summed E-state index contributed by atoms with van der Waals surface area (Å²) in [5.41, 5.74) is 1.44. The van der Waals surface area contributed by atoms with Gasteiger partial charge in [0.1, 0.15) is 5.41 Å². The predicted octanol–water partition coefficient (Wildman–Crippen LogP) is 2.60.